The molecule has 2 aliphatic rings. The third-order valence-corrected chi connectivity index (χ3v) is 6.20. The van der Waals surface area contributed by atoms with Crippen LogP contribution in [0.4, 0.5) is 0 Å². The summed E-state index contributed by atoms with van der Waals surface area (Å²) in [6.45, 7) is 9.60. The number of fused-ring (bicyclic) bond motifs is 1. The average Bonchev–Trinajstić information content (AvgIpc) is 2.98. The number of nitrogens with two attached hydrogens (primary N) is 1. The molecule has 3 rings (SSSR count). The maximum Gasteiger partial charge on any atom is 0.220 e. The normalized spacial score (nSPS) is 24.9. The summed E-state index contributed by atoms with van der Waals surface area (Å²) in [7, 11) is 0. The SMILES string of the molecule is CC(C)(C)C(CN1CCc2ccccc2C1)NC(=O)C[C@@H]1CCC[C@H]1N. The first-order chi connectivity index (χ1) is 12.3. The van der Waals surface area contributed by atoms with Gasteiger partial charge in [-0.3, -0.25) is 9.69 Å². The maximum atomic E-state index is 12.7. The summed E-state index contributed by atoms with van der Waals surface area (Å²) < 4.78 is 0. The van der Waals surface area contributed by atoms with Gasteiger partial charge in [0, 0.05) is 38.1 Å². The third kappa shape index (κ3) is 4.86. The largest absolute Gasteiger partial charge is 0.352 e. The van der Waals surface area contributed by atoms with Crippen LogP contribution in [0, 0.1) is 11.3 Å². The highest BCUT2D eigenvalue weighted by molar-refractivity contribution is 5.76. The van der Waals surface area contributed by atoms with Crippen molar-refractivity contribution < 1.29 is 4.79 Å². The zero-order valence-corrected chi connectivity index (χ0v) is 16.6. The molecule has 1 aromatic rings. The summed E-state index contributed by atoms with van der Waals surface area (Å²) in [4.78, 5) is 15.1. The van der Waals surface area contributed by atoms with Crippen LogP contribution in [0.15, 0.2) is 24.3 Å². The molecular weight excluding hydrogens is 322 g/mol. The fourth-order valence-electron chi connectivity index (χ4n) is 4.31. The van der Waals surface area contributed by atoms with E-state index in [2.05, 4.69) is 55.3 Å². The highest BCUT2D eigenvalue weighted by atomic mass is 16.1. The molecule has 0 spiro atoms. The van der Waals surface area contributed by atoms with E-state index in [9.17, 15) is 4.79 Å². The van der Waals surface area contributed by atoms with Crippen molar-refractivity contribution in [2.24, 2.45) is 17.1 Å². The Labute approximate surface area is 158 Å². The first kappa shape index (κ1) is 19.4. The molecule has 4 heteroatoms. The Hall–Kier alpha value is -1.39. The van der Waals surface area contributed by atoms with E-state index in [1.165, 1.54) is 11.1 Å². The van der Waals surface area contributed by atoms with Gasteiger partial charge in [0.1, 0.15) is 0 Å². The van der Waals surface area contributed by atoms with Crippen molar-refractivity contribution in [2.75, 3.05) is 13.1 Å². The summed E-state index contributed by atoms with van der Waals surface area (Å²) in [6, 6.07) is 9.07. The molecule has 1 unspecified atom stereocenters. The molecule has 3 atom stereocenters. The molecule has 1 saturated carbocycles. The van der Waals surface area contributed by atoms with E-state index in [0.717, 1.165) is 45.3 Å². The lowest BCUT2D eigenvalue weighted by atomic mass is 9.85. The number of benzene rings is 1. The van der Waals surface area contributed by atoms with Crippen molar-refractivity contribution in [2.45, 2.75) is 71.5 Å². The minimum atomic E-state index is 0.0322. The van der Waals surface area contributed by atoms with Crippen molar-refractivity contribution in [1.29, 1.82) is 0 Å². The topological polar surface area (TPSA) is 58.4 Å². The number of amides is 1. The molecule has 0 bridgehead atoms. The highest BCUT2D eigenvalue weighted by Crippen LogP contribution is 2.28. The number of hydrogen-bond donors (Lipinski definition) is 2. The zero-order valence-electron chi connectivity index (χ0n) is 16.6. The fourth-order valence-corrected chi connectivity index (χ4v) is 4.31. The van der Waals surface area contributed by atoms with E-state index in [0.29, 0.717) is 12.3 Å². The lowest BCUT2D eigenvalue weighted by Gasteiger charge is -2.38. The lowest BCUT2D eigenvalue weighted by Crippen LogP contribution is -2.52. The van der Waals surface area contributed by atoms with Crippen LogP contribution in [-0.2, 0) is 17.8 Å². The molecule has 1 heterocycles. The van der Waals surface area contributed by atoms with E-state index in [-0.39, 0.29) is 23.4 Å². The standard InChI is InChI=1S/C22H35N3O/c1-22(2,3)20(24-21(26)13-17-9-6-10-19(17)23)15-25-12-11-16-7-4-5-8-18(16)14-25/h4-5,7-8,17,19-20H,6,9-15,23H2,1-3H3,(H,24,26)/t17-,19+,20?/m0/s1. The minimum Gasteiger partial charge on any atom is -0.352 e. The quantitative estimate of drug-likeness (QED) is 0.851. The van der Waals surface area contributed by atoms with Crippen LogP contribution in [0.25, 0.3) is 0 Å². The molecule has 1 aliphatic heterocycles. The number of carbonyl (C=O) groups is 1. The van der Waals surface area contributed by atoms with E-state index in [1.807, 2.05) is 0 Å². The molecule has 1 aliphatic carbocycles. The van der Waals surface area contributed by atoms with Gasteiger partial charge >= 0.3 is 0 Å². The van der Waals surface area contributed by atoms with Crippen LogP contribution in [-0.4, -0.2) is 36.0 Å². The van der Waals surface area contributed by atoms with Crippen molar-refractivity contribution >= 4 is 5.91 Å². The molecular formula is C22H35N3O. The molecule has 144 valence electrons. The average molecular weight is 358 g/mol. The summed E-state index contributed by atoms with van der Waals surface area (Å²) in [5, 5.41) is 3.34. The van der Waals surface area contributed by atoms with Gasteiger partial charge in [-0.1, -0.05) is 51.5 Å². The van der Waals surface area contributed by atoms with Gasteiger partial charge in [0.15, 0.2) is 0 Å². The van der Waals surface area contributed by atoms with Crippen LogP contribution in [0.3, 0.4) is 0 Å². The van der Waals surface area contributed by atoms with E-state index < -0.39 is 0 Å². The van der Waals surface area contributed by atoms with Crippen LogP contribution in [0.2, 0.25) is 0 Å². The van der Waals surface area contributed by atoms with Gasteiger partial charge in [-0.05, 0) is 41.7 Å². The fraction of sp³-hybridized carbons (Fsp3) is 0.682. The second-order valence-corrected chi connectivity index (χ2v) is 9.30. The van der Waals surface area contributed by atoms with E-state index in [4.69, 9.17) is 5.73 Å². The molecule has 1 fully saturated rings. The zero-order chi connectivity index (χ0) is 18.7. The molecule has 4 nitrogen and oxygen atoms in total. The molecule has 1 aromatic carbocycles. The smallest absolute Gasteiger partial charge is 0.220 e. The summed E-state index contributed by atoms with van der Waals surface area (Å²) >= 11 is 0. The third-order valence-electron chi connectivity index (χ3n) is 6.20. The summed E-state index contributed by atoms with van der Waals surface area (Å²) in [6.07, 6.45) is 5.00. The van der Waals surface area contributed by atoms with Crippen molar-refractivity contribution in [3.8, 4) is 0 Å². The molecule has 0 aromatic heterocycles. The number of hydrogen-bond acceptors (Lipinski definition) is 3. The van der Waals surface area contributed by atoms with Gasteiger partial charge in [0.25, 0.3) is 0 Å². The van der Waals surface area contributed by atoms with Crippen molar-refractivity contribution in [3.63, 3.8) is 0 Å². The number of carbonyl (C=O) groups excluding carboxylic acids is 1. The van der Waals surface area contributed by atoms with Crippen molar-refractivity contribution in [1.82, 2.24) is 10.2 Å². The number of nitrogens with zero attached hydrogens (tertiary/aromatic N) is 1. The Balaban J connectivity index is 1.59. The van der Waals surface area contributed by atoms with Gasteiger partial charge in [-0.25, -0.2) is 0 Å². The van der Waals surface area contributed by atoms with Gasteiger partial charge < -0.3 is 11.1 Å². The van der Waals surface area contributed by atoms with Gasteiger partial charge in [-0.2, -0.15) is 0 Å². The van der Waals surface area contributed by atoms with Crippen LogP contribution in [0.1, 0.15) is 57.6 Å². The highest BCUT2D eigenvalue weighted by Gasteiger charge is 2.31. The Kier molecular flexibility index (Phi) is 6.03. The second kappa shape index (κ2) is 8.10. The molecule has 3 N–H and O–H groups in total. The molecule has 0 radical (unpaired) electrons. The van der Waals surface area contributed by atoms with E-state index in [1.54, 1.807) is 0 Å². The monoisotopic (exact) mass is 357 g/mol. The molecule has 0 saturated heterocycles. The van der Waals surface area contributed by atoms with Crippen LogP contribution < -0.4 is 11.1 Å². The summed E-state index contributed by atoms with van der Waals surface area (Å²) in [5.41, 5.74) is 9.08. The Bertz CT molecular complexity index is 622. The first-order valence-electron chi connectivity index (χ1n) is 10.2. The Morgan fingerprint density at radius 1 is 1.27 bits per heavy atom. The van der Waals surface area contributed by atoms with Crippen molar-refractivity contribution in [3.05, 3.63) is 35.4 Å². The van der Waals surface area contributed by atoms with Crippen LogP contribution in [0.5, 0.6) is 0 Å². The number of nitrogens with one attached hydrogen (secondary N) is 1. The Morgan fingerprint density at radius 3 is 2.65 bits per heavy atom. The Morgan fingerprint density at radius 2 is 2.00 bits per heavy atom. The van der Waals surface area contributed by atoms with E-state index >= 15 is 0 Å². The molecule has 26 heavy (non-hydrogen) atoms. The number of rotatable bonds is 5. The predicted molar refractivity (Wildman–Crippen MR) is 107 cm³/mol. The van der Waals surface area contributed by atoms with Gasteiger partial charge in [-0.15, -0.1) is 0 Å². The predicted octanol–water partition coefficient (Wildman–Crippen LogP) is 3.09. The van der Waals surface area contributed by atoms with Gasteiger partial charge in [0.05, 0.1) is 0 Å². The molecule has 1 amide bonds. The first-order valence-corrected chi connectivity index (χ1v) is 10.2. The van der Waals surface area contributed by atoms with Gasteiger partial charge in [0.2, 0.25) is 5.91 Å². The lowest BCUT2D eigenvalue weighted by molar-refractivity contribution is -0.123. The second-order valence-electron chi connectivity index (χ2n) is 9.30. The van der Waals surface area contributed by atoms with Crippen LogP contribution >= 0.6 is 0 Å². The maximum absolute atomic E-state index is 12.7. The summed E-state index contributed by atoms with van der Waals surface area (Å²) in [5.74, 6) is 0.530. The minimum absolute atomic E-state index is 0.0322.